The maximum absolute atomic E-state index is 12.5. The lowest BCUT2D eigenvalue weighted by Gasteiger charge is -2.12. The van der Waals surface area contributed by atoms with E-state index in [2.05, 4.69) is 15.9 Å². The fourth-order valence-corrected chi connectivity index (χ4v) is 3.47. The molecule has 1 aromatic heterocycles. The number of ether oxygens (including phenoxy) is 1. The summed E-state index contributed by atoms with van der Waals surface area (Å²) in [5.74, 6) is 0.671. The summed E-state index contributed by atoms with van der Waals surface area (Å²) < 4.78 is 8.58. The predicted molar refractivity (Wildman–Crippen MR) is 87.8 cm³/mol. The molecule has 0 unspecified atom stereocenters. The number of hydrogen-bond acceptors (Lipinski definition) is 4. The summed E-state index contributed by atoms with van der Waals surface area (Å²) in [5, 5.41) is 9.27. The zero-order chi connectivity index (χ0) is 16.6. The standard InChI is InChI=1S/C16H14BrN3O3/c1-23-14-5-4-10(7-12(14)17)9-20-15(21)11(8-18)13-3-2-6-19(13)16(20)22/h4-5,7H,2-3,6,9H2,1H3. The van der Waals surface area contributed by atoms with Gasteiger partial charge in [-0.05, 0) is 46.5 Å². The Balaban J connectivity index is 2.11. The highest BCUT2D eigenvalue weighted by Gasteiger charge is 2.22. The van der Waals surface area contributed by atoms with E-state index in [-0.39, 0.29) is 17.8 Å². The summed E-state index contributed by atoms with van der Waals surface area (Å²) >= 11 is 3.39. The van der Waals surface area contributed by atoms with Gasteiger partial charge in [0.15, 0.2) is 0 Å². The first kappa shape index (κ1) is 15.6. The normalized spacial score (nSPS) is 12.7. The van der Waals surface area contributed by atoms with E-state index in [1.807, 2.05) is 6.07 Å². The second-order valence-corrected chi connectivity index (χ2v) is 6.19. The molecule has 0 saturated heterocycles. The van der Waals surface area contributed by atoms with E-state index < -0.39 is 5.56 Å². The highest BCUT2D eigenvalue weighted by atomic mass is 79.9. The SMILES string of the molecule is COc1ccc(Cn2c(=O)c(C#N)c3n(c2=O)CCC3)cc1Br. The van der Waals surface area contributed by atoms with Crippen LogP contribution in [-0.2, 0) is 19.5 Å². The van der Waals surface area contributed by atoms with Crippen molar-refractivity contribution in [1.82, 2.24) is 9.13 Å². The van der Waals surface area contributed by atoms with Gasteiger partial charge in [-0.1, -0.05) is 6.07 Å². The van der Waals surface area contributed by atoms with Crippen LogP contribution in [0.5, 0.6) is 5.75 Å². The van der Waals surface area contributed by atoms with Crippen molar-refractivity contribution in [2.24, 2.45) is 0 Å². The Morgan fingerprint density at radius 2 is 2.17 bits per heavy atom. The molecule has 2 aromatic rings. The fourth-order valence-electron chi connectivity index (χ4n) is 2.88. The van der Waals surface area contributed by atoms with E-state index >= 15 is 0 Å². The molecule has 2 heterocycles. The monoisotopic (exact) mass is 375 g/mol. The first-order valence-corrected chi connectivity index (χ1v) is 7.95. The highest BCUT2D eigenvalue weighted by Crippen LogP contribution is 2.25. The maximum atomic E-state index is 12.5. The van der Waals surface area contributed by atoms with Crippen LogP contribution in [0.15, 0.2) is 32.3 Å². The number of fused-ring (bicyclic) bond motifs is 1. The molecular formula is C16H14BrN3O3. The molecule has 0 aliphatic carbocycles. The molecule has 0 atom stereocenters. The second-order valence-electron chi connectivity index (χ2n) is 5.33. The largest absolute Gasteiger partial charge is 0.496 e. The van der Waals surface area contributed by atoms with Crippen molar-refractivity contribution in [3.05, 3.63) is 60.3 Å². The zero-order valence-electron chi connectivity index (χ0n) is 12.5. The van der Waals surface area contributed by atoms with Crippen LogP contribution >= 0.6 is 15.9 Å². The van der Waals surface area contributed by atoms with E-state index in [4.69, 9.17) is 4.74 Å². The Morgan fingerprint density at radius 3 is 2.83 bits per heavy atom. The third-order valence-corrected chi connectivity index (χ3v) is 4.62. The van der Waals surface area contributed by atoms with Crippen molar-refractivity contribution in [2.75, 3.05) is 7.11 Å². The lowest BCUT2D eigenvalue weighted by molar-refractivity contribution is 0.412. The number of benzene rings is 1. The molecule has 0 N–H and O–H groups in total. The number of methoxy groups -OCH3 is 1. The summed E-state index contributed by atoms with van der Waals surface area (Å²) in [5.41, 5.74) is 0.551. The van der Waals surface area contributed by atoms with Gasteiger partial charge in [-0.2, -0.15) is 5.26 Å². The second kappa shape index (κ2) is 6.05. The van der Waals surface area contributed by atoms with Gasteiger partial charge < -0.3 is 4.74 Å². The van der Waals surface area contributed by atoms with Crippen LogP contribution in [0.2, 0.25) is 0 Å². The van der Waals surface area contributed by atoms with Crippen molar-refractivity contribution in [3.63, 3.8) is 0 Å². The summed E-state index contributed by atoms with van der Waals surface area (Å²) in [6, 6.07) is 7.31. The van der Waals surface area contributed by atoms with Crippen molar-refractivity contribution in [2.45, 2.75) is 25.9 Å². The van der Waals surface area contributed by atoms with Crippen molar-refractivity contribution in [1.29, 1.82) is 5.26 Å². The van der Waals surface area contributed by atoms with E-state index in [1.54, 1.807) is 29.9 Å². The molecule has 0 radical (unpaired) electrons. The molecule has 3 rings (SSSR count). The van der Waals surface area contributed by atoms with Gasteiger partial charge in [-0.3, -0.25) is 13.9 Å². The van der Waals surface area contributed by atoms with Crippen molar-refractivity contribution in [3.8, 4) is 11.8 Å². The van der Waals surface area contributed by atoms with E-state index in [0.29, 0.717) is 24.4 Å². The third kappa shape index (κ3) is 2.59. The summed E-state index contributed by atoms with van der Waals surface area (Å²) in [4.78, 5) is 25.0. The van der Waals surface area contributed by atoms with Crippen molar-refractivity contribution >= 4 is 15.9 Å². The van der Waals surface area contributed by atoms with Gasteiger partial charge in [-0.15, -0.1) is 0 Å². The van der Waals surface area contributed by atoms with Gasteiger partial charge in [0, 0.05) is 12.2 Å². The van der Waals surface area contributed by atoms with Crippen LogP contribution < -0.4 is 16.0 Å². The molecule has 0 saturated carbocycles. The van der Waals surface area contributed by atoms with Crippen LogP contribution in [0.4, 0.5) is 0 Å². The lowest BCUT2D eigenvalue weighted by atomic mass is 10.2. The number of nitrogens with zero attached hydrogens (tertiary/aromatic N) is 3. The van der Waals surface area contributed by atoms with E-state index in [9.17, 15) is 14.9 Å². The quantitative estimate of drug-likeness (QED) is 0.816. The molecule has 0 bridgehead atoms. The molecule has 6 nitrogen and oxygen atoms in total. The molecule has 0 amide bonds. The first-order chi connectivity index (χ1) is 11.1. The summed E-state index contributed by atoms with van der Waals surface area (Å²) in [6.45, 7) is 0.671. The van der Waals surface area contributed by atoms with Crippen LogP contribution in [0.3, 0.4) is 0 Å². The fraction of sp³-hybridized carbons (Fsp3) is 0.312. The topological polar surface area (TPSA) is 77.0 Å². The maximum Gasteiger partial charge on any atom is 0.331 e. The van der Waals surface area contributed by atoms with Gasteiger partial charge in [0.25, 0.3) is 5.56 Å². The van der Waals surface area contributed by atoms with Crippen LogP contribution in [0.25, 0.3) is 0 Å². The minimum atomic E-state index is -0.516. The molecule has 1 aromatic carbocycles. The number of hydrogen-bond donors (Lipinski definition) is 0. The Morgan fingerprint density at radius 1 is 1.39 bits per heavy atom. The van der Waals surface area contributed by atoms with Gasteiger partial charge in [0.1, 0.15) is 17.4 Å². The number of aromatic nitrogens is 2. The molecule has 0 fully saturated rings. The van der Waals surface area contributed by atoms with Gasteiger partial charge in [-0.25, -0.2) is 4.79 Å². The Bertz CT molecular complexity index is 937. The molecule has 1 aliphatic heterocycles. The molecular weight excluding hydrogens is 362 g/mol. The number of rotatable bonds is 3. The Labute approximate surface area is 140 Å². The van der Waals surface area contributed by atoms with Gasteiger partial charge in [0.2, 0.25) is 0 Å². The van der Waals surface area contributed by atoms with Gasteiger partial charge >= 0.3 is 5.69 Å². The Hall–Kier alpha value is -2.33. The predicted octanol–water partition coefficient (Wildman–Crippen LogP) is 1.65. The molecule has 23 heavy (non-hydrogen) atoms. The number of halogens is 1. The van der Waals surface area contributed by atoms with Crippen LogP contribution in [0.1, 0.15) is 23.2 Å². The lowest BCUT2D eigenvalue weighted by Crippen LogP contribution is -2.41. The van der Waals surface area contributed by atoms with Crippen molar-refractivity contribution < 1.29 is 4.74 Å². The molecule has 7 heteroatoms. The Kier molecular flexibility index (Phi) is 4.09. The average Bonchev–Trinajstić information content (AvgIpc) is 3.02. The minimum absolute atomic E-state index is 0.0784. The van der Waals surface area contributed by atoms with Crippen LogP contribution in [-0.4, -0.2) is 16.2 Å². The average molecular weight is 376 g/mol. The first-order valence-electron chi connectivity index (χ1n) is 7.16. The van der Waals surface area contributed by atoms with E-state index in [0.717, 1.165) is 21.0 Å². The minimum Gasteiger partial charge on any atom is -0.496 e. The molecule has 0 spiro atoms. The number of nitriles is 1. The summed E-state index contributed by atoms with van der Waals surface area (Å²) in [7, 11) is 1.57. The van der Waals surface area contributed by atoms with E-state index in [1.165, 1.54) is 0 Å². The smallest absolute Gasteiger partial charge is 0.331 e. The summed E-state index contributed by atoms with van der Waals surface area (Å²) in [6.07, 6.45) is 1.38. The van der Waals surface area contributed by atoms with Crippen LogP contribution in [0, 0.1) is 11.3 Å². The third-order valence-electron chi connectivity index (χ3n) is 4.00. The molecule has 118 valence electrons. The zero-order valence-corrected chi connectivity index (χ0v) is 14.1. The molecule has 1 aliphatic rings. The van der Waals surface area contributed by atoms with Gasteiger partial charge in [0.05, 0.1) is 18.1 Å². The highest BCUT2D eigenvalue weighted by molar-refractivity contribution is 9.10.